The third-order valence-electron chi connectivity index (χ3n) is 5.27. The van der Waals surface area contributed by atoms with E-state index < -0.39 is 9.84 Å². The Morgan fingerprint density at radius 2 is 1.93 bits per heavy atom. The molecule has 1 aliphatic rings. The molecule has 30 heavy (non-hydrogen) atoms. The van der Waals surface area contributed by atoms with Gasteiger partial charge in [-0.25, -0.2) is 8.42 Å². The summed E-state index contributed by atoms with van der Waals surface area (Å²) in [5.74, 6) is 0.654. The largest absolute Gasteiger partial charge is 0.494 e. The second-order valence-electron chi connectivity index (χ2n) is 7.70. The van der Waals surface area contributed by atoms with Crippen LogP contribution in [0.2, 0.25) is 5.02 Å². The molecule has 0 radical (unpaired) electrons. The van der Waals surface area contributed by atoms with E-state index in [1.165, 1.54) is 0 Å². The van der Waals surface area contributed by atoms with Gasteiger partial charge in [0.15, 0.2) is 9.84 Å². The molecule has 0 spiro atoms. The van der Waals surface area contributed by atoms with E-state index in [1.54, 1.807) is 41.3 Å². The maximum Gasteiger partial charge on any atom is 0.254 e. The van der Waals surface area contributed by atoms with Crippen LogP contribution in [0.1, 0.15) is 48.5 Å². The Kier molecular flexibility index (Phi) is 7.78. The Morgan fingerprint density at radius 3 is 2.57 bits per heavy atom. The molecule has 0 aromatic heterocycles. The number of unbranched alkanes of at least 4 members (excludes halogenated alkanes) is 2. The van der Waals surface area contributed by atoms with Crippen LogP contribution in [0, 0.1) is 0 Å². The summed E-state index contributed by atoms with van der Waals surface area (Å²) in [5.41, 5.74) is 1.39. The molecule has 1 heterocycles. The molecule has 1 amide bonds. The molecule has 162 valence electrons. The average molecular weight is 450 g/mol. The van der Waals surface area contributed by atoms with Crippen LogP contribution < -0.4 is 4.74 Å². The SMILES string of the molecule is CCCCCOc1ccc(C(=O)N(Cc2cccc(Cl)c2)C2CCS(=O)(=O)C2)cc1. The standard InChI is InChI=1S/C23H28ClNO4S/c1-2-3-4-13-29-22-10-8-19(9-11-22)23(26)25(21-12-14-30(27,28)17-21)16-18-6-5-7-20(24)15-18/h5-11,15,21H,2-4,12-14,16-17H2,1H3. The summed E-state index contributed by atoms with van der Waals surface area (Å²) < 4.78 is 29.8. The Bertz CT molecular complexity index is 959. The van der Waals surface area contributed by atoms with Crippen molar-refractivity contribution in [1.82, 2.24) is 4.90 Å². The van der Waals surface area contributed by atoms with Crippen LogP contribution in [0.5, 0.6) is 5.75 Å². The number of nitrogens with zero attached hydrogens (tertiary/aromatic N) is 1. The Balaban J connectivity index is 1.76. The lowest BCUT2D eigenvalue weighted by Gasteiger charge is -2.28. The minimum atomic E-state index is -3.12. The van der Waals surface area contributed by atoms with E-state index in [-0.39, 0.29) is 23.5 Å². The number of hydrogen-bond donors (Lipinski definition) is 0. The smallest absolute Gasteiger partial charge is 0.254 e. The Labute approximate surface area is 183 Å². The van der Waals surface area contributed by atoms with Crippen LogP contribution in [0.15, 0.2) is 48.5 Å². The topological polar surface area (TPSA) is 63.7 Å². The normalized spacial score (nSPS) is 17.6. The number of sulfone groups is 1. The zero-order valence-corrected chi connectivity index (χ0v) is 18.8. The Morgan fingerprint density at radius 1 is 1.17 bits per heavy atom. The second-order valence-corrected chi connectivity index (χ2v) is 10.4. The molecule has 0 aliphatic carbocycles. The number of rotatable bonds is 9. The van der Waals surface area contributed by atoms with E-state index in [2.05, 4.69) is 6.92 Å². The highest BCUT2D eigenvalue weighted by atomic mass is 35.5. The molecule has 0 saturated carbocycles. The van der Waals surface area contributed by atoms with Gasteiger partial charge in [0.05, 0.1) is 18.1 Å². The summed E-state index contributed by atoms with van der Waals surface area (Å²) in [6, 6.07) is 14.0. The molecule has 0 bridgehead atoms. The first-order chi connectivity index (χ1) is 14.4. The van der Waals surface area contributed by atoms with Crippen LogP contribution in [0.3, 0.4) is 0 Å². The van der Waals surface area contributed by atoms with Crippen molar-refractivity contribution in [2.45, 2.75) is 45.2 Å². The fraction of sp³-hybridized carbons (Fsp3) is 0.435. The summed E-state index contributed by atoms with van der Waals surface area (Å²) in [6.45, 7) is 3.11. The molecule has 3 rings (SSSR count). The van der Waals surface area contributed by atoms with Gasteiger partial charge in [-0.3, -0.25) is 4.79 Å². The molecular formula is C23H28ClNO4S. The highest BCUT2D eigenvalue weighted by Crippen LogP contribution is 2.24. The van der Waals surface area contributed by atoms with E-state index in [9.17, 15) is 13.2 Å². The van der Waals surface area contributed by atoms with Crippen molar-refractivity contribution in [2.75, 3.05) is 18.1 Å². The summed E-state index contributed by atoms with van der Waals surface area (Å²) in [6.07, 6.45) is 3.71. The van der Waals surface area contributed by atoms with Crippen LogP contribution >= 0.6 is 11.6 Å². The van der Waals surface area contributed by atoms with Gasteiger partial charge in [0.2, 0.25) is 0 Å². The van der Waals surface area contributed by atoms with E-state index in [1.807, 2.05) is 12.1 Å². The number of carbonyl (C=O) groups is 1. The molecule has 2 aromatic carbocycles. The molecule has 1 fully saturated rings. The first kappa shape index (κ1) is 22.6. The third kappa shape index (κ3) is 6.22. The molecule has 1 aliphatic heterocycles. The highest BCUT2D eigenvalue weighted by molar-refractivity contribution is 7.91. The zero-order valence-electron chi connectivity index (χ0n) is 17.2. The summed E-state index contributed by atoms with van der Waals surface area (Å²) >= 11 is 6.10. The van der Waals surface area contributed by atoms with Gasteiger partial charge in [-0.2, -0.15) is 0 Å². The summed E-state index contributed by atoms with van der Waals surface area (Å²) in [4.78, 5) is 15.0. The molecule has 1 atom stereocenters. The monoisotopic (exact) mass is 449 g/mol. The molecular weight excluding hydrogens is 422 g/mol. The lowest BCUT2D eigenvalue weighted by Crippen LogP contribution is -2.40. The lowest BCUT2D eigenvalue weighted by atomic mass is 10.1. The van der Waals surface area contributed by atoms with Crippen LogP contribution in [0.4, 0.5) is 0 Å². The zero-order chi connectivity index (χ0) is 21.6. The van der Waals surface area contributed by atoms with Gasteiger partial charge in [-0.05, 0) is 54.8 Å². The van der Waals surface area contributed by atoms with Crippen molar-refractivity contribution in [1.29, 1.82) is 0 Å². The molecule has 5 nitrogen and oxygen atoms in total. The van der Waals surface area contributed by atoms with Gasteiger partial charge in [0.25, 0.3) is 5.91 Å². The fourth-order valence-corrected chi connectivity index (χ4v) is 5.57. The number of ether oxygens (including phenoxy) is 1. The van der Waals surface area contributed by atoms with Crippen molar-refractivity contribution in [3.05, 3.63) is 64.7 Å². The van der Waals surface area contributed by atoms with Crippen molar-refractivity contribution in [3.8, 4) is 5.75 Å². The number of carbonyl (C=O) groups excluding carboxylic acids is 1. The van der Waals surface area contributed by atoms with Crippen molar-refractivity contribution in [3.63, 3.8) is 0 Å². The molecule has 1 saturated heterocycles. The van der Waals surface area contributed by atoms with E-state index in [0.717, 1.165) is 30.6 Å². The van der Waals surface area contributed by atoms with Gasteiger partial charge >= 0.3 is 0 Å². The van der Waals surface area contributed by atoms with Crippen molar-refractivity contribution >= 4 is 27.3 Å². The Hall–Kier alpha value is -2.05. The summed E-state index contributed by atoms with van der Waals surface area (Å²) in [7, 11) is -3.12. The van der Waals surface area contributed by atoms with E-state index in [4.69, 9.17) is 16.3 Å². The van der Waals surface area contributed by atoms with Gasteiger partial charge in [-0.1, -0.05) is 43.5 Å². The average Bonchev–Trinajstić information content (AvgIpc) is 3.09. The molecule has 2 aromatic rings. The van der Waals surface area contributed by atoms with Crippen LogP contribution in [0.25, 0.3) is 0 Å². The maximum absolute atomic E-state index is 13.3. The number of amides is 1. The van der Waals surface area contributed by atoms with Crippen molar-refractivity contribution < 1.29 is 17.9 Å². The van der Waals surface area contributed by atoms with Gasteiger partial charge in [0.1, 0.15) is 5.75 Å². The maximum atomic E-state index is 13.3. The van der Waals surface area contributed by atoms with Gasteiger partial charge < -0.3 is 9.64 Å². The first-order valence-electron chi connectivity index (χ1n) is 10.4. The molecule has 0 N–H and O–H groups in total. The predicted octanol–water partition coefficient (Wildman–Crippen LogP) is 4.74. The third-order valence-corrected chi connectivity index (χ3v) is 7.26. The van der Waals surface area contributed by atoms with Gasteiger partial charge in [0, 0.05) is 23.2 Å². The first-order valence-corrected chi connectivity index (χ1v) is 12.6. The predicted molar refractivity (Wildman–Crippen MR) is 120 cm³/mol. The molecule has 7 heteroatoms. The minimum Gasteiger partial charge on any atom is -0.494 e. The lowest BCUT2D eigenvalue weighted by molar-refractivity contribution is 0.0681. The van der Waals surface area contributed by atoms with E-state index >= 15 is 0 Å². The number of halogens is 1. The number of hydrogen-bond acceptors (Lipinski definition) is 4. The quantitative estimate of drug-likeness (QED) is 0.519. The minimum absolute atomic E-state index is 0.00205. The van der Waals surface area contributed by atoms with E-state index in [0.29, 0.717) is 30.2 Å². The summed E-state index contributed by atoms with van der Waals surface area (Å²) in [5, 5.41) is 0.587. The van der Waals surface area contributed by atoms with Gasteiger partial charge in [-0.15, -0.1) is 0 Å². The second kappa shape index (κ2) is 10.3. The number of benzene rings is 2. The van der Waals surface area contributed by atoms with Crippen LogP contribution in [-0.2, 0) is 16.4 Å². The fourth-order valence-electron chi connectivity index (χ4n) is 3.62. The highest BCUT2D eigenvalue weighted by Gasteiger charge is 2.35. The van der Waals surface area contributed by atoms with Crippen LogP contribution in [-0.4, -0.2) is 43.4 Å². The molecule has 1 unspecified atom stereocenters. The van der Waals surface area contributed by atoms with Crippen molar-refractivity contribution in [2.24, 2.45) is 0 Å².